The van der Waals surface area contributed by atoms with Crippen LogP contribution in [-0.2, 0) is 6.42 Å². The van der Waals surface area contributed by atoms with E-state index in [1.807, 2.05) is 19.3 Å². The third-order valence-electron chi connectivity index (χ3n) is 3.21. The minimum Gasteiger partial charge on any atom is -0.268 e. The van der Waals surface area contributed by atoms with Crippen LogP contribution in [0.5, 0.6) is 0 Å². The fraction of sp³-hybridized carbons (Fsp3) is 0.375. The number of thioether (sulfide) groups is 2. The summed E-state index contributed by atoms with van der Waals surface area (Å²) in [4.78, 5) is 17.8. The van der Waals surface area contributed by atoms with Crippen LogP contribution in [0.1, 0.15) is 26.0 Å². The lowest BCUT2D eigenvalue weighted by molar-refractivity contribution is 0.848. The quantitative estimate of drug-likeness (QED) is 0.790. The highest BCUT2D eigenvalue weighted by Crippen LogP contribution is 2.19. The second-order valence-corrected chi connectivity index (χ2v) is 6.79. The summed E-state index contributed by atoms with van der Waals surface area (Å²) >= 11 is 3.25. The largest absolute Gasteiger partial charge is 0.271 e. The van der Waals surface area contributed by atoms with Crippen LogP contribution in [0.25, 0.3) is 5.70 Å². The van der Waals surface area contributed by atoms with E-state index < -0.39 is 0 Å². The average Bonchev–Trinajstić information content (AvgIpc) is 2.59. The molecule has 0 radical (unpaired) electrons. The van der Waals surface area contributed by atoms with Crippen molar-refractivity contribution in [2.24, 2.45) is 0 Å². The van der Waals surface area contributed by atoms with Gasteiger partial charge in [0.2, 0.25) is 0 Å². The molecule has 21 heavy (non-hydrogen) atoms. The second kappa shape index (κ2) is 7.71. The Bertz CT molecular complexity index is 644. The normalized spacial score (nSPS) is 24.3. The topological polar surface area (TPSA) is 34.9 Å². The molecule has 2 heterocycles. The van der Waals surface area contributed by atoms with Crippen LogP contribution in [0, 0.1) is 0 Å². The first kappa shape index (κ1) is 16.2. The summed E-state index contributed by atoms with van der Waals surface area (Å²) in [6, 6.07) is 0. The third-order valence-corrected chi connectivity index (χ3v) is 4.97. The van der Waals surface area contributed by atoms with Gasteiger partial charge in [-0.25, -0.2) is 4.98 Å². The molecule has 1 atom stereocenters. The van der Waals surface area contributed by atoms with Gasteiger partial charge in [0.05, 0.1) is 10.6 Å². The number of rotatable bonds is 3. The van der Waals surface area contributed by atoms with Crippen LogP contribution < -0.4 is 5.56 Å². The molecular formula is C16H20N2OS2. The van der Waals surface area contributed by atoms with E-state index in [1.54, 1.807) is 22.7 Å². The van der Waals surface area contributed by atoms with E-state index in [1.165, 1.54) is 11.8 Å². The van der Waals surface area contributed by atoms with E-state index >= 15 is 0 Å². The molecule has 2 rings (SSSR count). The Balaban J connectivity index is 2.49. The fourth-order valence-electron chi connectivity index (χ4n) is 2.06. The van der Waals surface area contributed by atoms with Gasteiger partial charge in [-0.05, 0) is 37.5 Å². The monoisotopic (exact) mass is 320 g/mol. The van der Waals surface area contributed by atoms with Gasteiger partial charge in [-0.3, -0.25) is 9.36 Å². The Morgan fingerprint density at radius 1 is 1.52 bits per heavy atom. The molecule has 0 N–H and O–H groups in total. The van der Waals surface area contributed by atoms with Crippen molar-refractivity contribution in [2.45, 2.75) is 36.8 Å². The number of allylic oxidation sites excluding steroid dienone is 4. The van der Waals surface area contributed by atoms with Gasteiger partial charge >= 0.3 is 0 Å². The summed E-state index contributed by atoms with van der Waals surface area (Å²) in [5.41, 5.74) is 1.79. The number of aromatic nitrogens is 2. The SMILES string of the molecule is CCc1ncn(C2=C/C/C=C\SC(C)/C=C\2)c(=O)c1SC. The lowest BCUT2D eigenvalue weighted by Crippen LogP contribution is -2.22. The number of hydrogen-bond acceptors (Lipinski definition) is 4. The lowest BCUT2D eigenvalue weighted by atomic mass is 10.2. The maximum absolute atomic E-state index is 12.6. The van der Waals surface area contributed by atoms with Crippen molar-refractivity contribution in [1.29, 1.82) is 0 Å². The Hall–Kier alpha value is -1.20. The van der Waals surface area contributed by atoms with Crippen LogP contribution >= 0.6 is 23.5 Å². The Kier molecular flexibility index (Phi) is 5.94. The van der Waals surface area contributed by atoms with E-state index in [4.69, 9.17) is 0 Å². The molecule has 0 saturated carbocycles. The van der Waals surface area contributed by atoms with Gasteiger partial charge in [0.15, 0.2) is 0 Å². The highest BCUT2D eigenvalue weighted by Gasteiger charge is 2.11. The van der Waals surface area contributed by atoms with Crippen molar-refractivity contribution in [3.05, 3.63) is 52.1 Å². The van der Waals surface area contributed by atoms with E-state index in [-0.39, 0.29) is 5.56 Å². The Morgan fingerprint density at radius 2 is 2.33 bits per heavy atom. The molecule has 0 aromatic carbocycles. The van der Waals surface area contributed by atoms with Gasteiger partial charge in [-0.2, -0.15) is 0 Å². The zero-order chi connectivity index (χ0) is 15.2. The summed E-state index contributed by atoms with van der Waals surface area (Å²) in [6.45, 7) is 4.16. The van der Waals surface area contributed by atoms with Crippen molar-refractivity contribution in [3.63, 3.8) is 0 Å². The molecule has 0 fully saturated rings. The minimum absolute atomic E-state index is 0.0220. The standard InChI is InChI=1S/C16H20N2OS2/c1-4-14-15(20-3)16(19)18(11-17-14)13-7-5-6-10-21-12(2)8-9-13/h6-12H,4-5H2,1-3H3/b9-8-,10-6-,13-7+. The van der Waals surface area contributed by atoms with Crippen LogP contribution in [0.15, 0.2) is 45.7 Å². The second-order valence-electron chi connectivity index (χ2n) is 4.69. The summed E-state index contributed by atoms with van der Waals surface area (Å²) in [6.07, 6.45) is 13.5. The van der Waals surface area contributed by atoms with Gasteiger partial charge in [0.25, 0.3) is 5.56 Å². The molecule has 0 saturated heterocycles. The average molecular weight is 320 g/mol. The summed E-state index contributed by atoms with van der Waals surface area (Å²) in [7, 11) is 0. The van der Waals surface area contributed by atoms with Gasteiger partial charge in [0.1, 0.15) is 6.33 Å². The van der Waals surface area contributed by atoms with Gasteiger partial charge in [-0.1, -0.05) is 25.2 Å². The van der Waals surface area contributed by atoms with Crippen molar-refractivity contribution >= 4 is 29.2 Å². The molecular weight excluding hydrogens is 300 g/mol. The molecule has 0 amide bonds. The molecule has 112 valence electrons. The molecule has 1 aliphatic rings. The molecule has 0 spiro atoms. The molecule has 1 aliphatic heterocycles. The van der Waals surface area contributed by atoms with Gasteiger partial charge in [0, 0.05) is 10.9 Å². The minimum atomic E-state index is 0.0220. The Labute approximate surface area is 134 Å². The van der Waals surface area contributed by atoms with Crippen LogP contribution in [-0.4, -0.2) is 21.1 Å². The van der Waals surface area contributed by atoms with E-state index in [0.717, 1.165) is 29.1 Å². The molecule has 1 aromatic rings. The molecule has 1 aromatic heterocycles. The molecule has 0 bridgehead atoms. The molecule has 5 heteroatoms. The van der Waals surface area contributed by atoms with Gasteiger partial charge < -0.3 is 0 Å². The molecule has 0 aliphatic carbocycles. The molecule has 1 unspecified atom stereocenters. The lowest BCUT2D eigenvalue weighted by Gasteiger charge is -2.11. The predicted octanol–water partition coefficient (Wildman–Crippen LogP) is 3.96. The van der Waals surface area contributed by atoms with Crippen LogP contribution in [0.3, 0.4) is 0 Å². The highest BCUT2D eigenvalue weighted by molar-refractivity contribution is 8.02. The highest BCUT2D eigenvalue weighted by atomic mass is 32.2. The van der Waals surface area contributed by atoms with E-state index in [0.29, 0.717) is 5.25 Å². The van der Waals surface area contributed by atoms with E-state index in [2.05, 4.69) is 35.5 Å². The van der Waals surface area contributed by atoms with Crippen LogP contribution in [0.4, 0.5) is 0 Å². The van der Waals surface area contributed by atoms with Crippen LogP contribution in [0.2, 0.25) is 0 Å². The fourth-order valence-corrected chi connectivity index (χ4v) is 3.41. The van der Waals surface area contributed by atoms with Crippen molar-refractivity contribution in [2.75, 3.05) is 6.26 Å². The molecule has 3 nitrogen and oxygen atoms in total. The van der Waals surface area contributed by atoms with Crippen molar-refractivity contribution in [3.8, 4) is 0 Å². The maximum atomic E-state index is 12.6. The van der Waals surface area contributed by atoms with E-state index in [9.17, 15) is 4.79 Å². The first-order valence-electron chi connectivity index (χ1n) is 7.01. The number of hydrogen-bond donors (Lipinski definition) is 0. The maximum Gasteiger partial charge on any atom is 0.271 e. The van der Waals surface area contributed by atoms with Crippen molar-refractivity contribution in [1.82, 2.24) is 9.55 Å². The first-order valence-corrected chi connectivity index (χ1v) is 9.17. The summed E-state index contributed by atoms with van der Waals surface area (Å²) < 4.78 is 1.65. The third kappa shape index (κ3) is 3.92. The van der Waals surface area contributed by atoms with Crippen molar-refractivity contribution < 1.29 is 0 Å². The summed E-state index contributed by atoms with van der Waals surface area (Å²) in [5, 5.41) is 2.50. The first-order chi connectivity index (χ1) is 10.2. The number of aryl methyl sites for hydroxylation is 1. The smallest absolute Gasteiger partial charge is 0.268 e. The summed E-state index contributed by atoms with van der Waals surface area (Å²) in [5.74, 6) is 0. The number of nitrogens with zero attached hydrogens (tertiary/aromatic N) is 2. The zero-order valence-corrected chi connectivity index (χ0v) is 14.2. The van der Waals surface area contributed by atoms with Gasteiger partial charge in [-0.15, -0.1) is 23.5 Å². The Morgan fingerprint density at radius 3 is 3.05 bits per heavy atom. The zero-order valence-electron chi connectivity index (χ0n) is 12.6. The predicted molar refractivity (Wildman–Crippen MR) is 93.9 cm³/mol.